The molecule has 0 unspecified atom stereocenters. The molecule has 2 aromatic rings. The maximum absolute atomic E-state index is 13.0. The first-order valence-electron chi connectivity index (χ1n) is 12.4. The summed E-state index contributed by atoms with van der Waals surface area (Å²) in [6.45, 7) is -1.47. The molecule has 0 radical (unpaired) electrons. The van der Waals surface area contributed by atoms with Crippen LogP contribution in [0.1, 0.15) is 24.4 Å². The number of hydrogen-bond acceptors (Lipinski definition) is 5. The van der Waals surface area contributed by atoms with Crippen LogP contribution in [0.3, 0.4) is 0 Å². The van der Waals surface area contributed by atoms with Crippen molar-refractivity contribution < 1.29 is 15.3 Å². The van der Waals surface area contributed by atoms with Crippen LogP contribution in [-0.2, 0) is 10.0 Å². The number of hydrogen-bond donors (Lipinski definition) is 0. The first-order valence-corrected chi connectivity index (χ1v) is 12.1. The number of fused-ring (bicyclic) bond motifs is 2. The molecule has 1 fully saturated rings. The van der Waals surface area contributed by atoms with Gasteiger partial charge in [-0.25, -0.2) is 12.7 Å². The summed E-state index contributed by atoms with van der Waals surface area (Å²) in [6, 6.07) is 12.4. The molecule has 2 aliphatic rings. The zero-order valence-electron chi connectivity index (χ0n) is 22.1. The lowest BCUT2D eigenvalue weighted by Gasteiger charge is -2.32. The second-order valence-corrected chi connectivity index (χ2v) is 10.6. The van der Waals surface area contributed by atoms with E-state index in [1.54, 1.807) is 6.07 Å². The van der Waals surface area contributed by atoms with E-state index in [4.69, 9.17) is 6.85 Å². The number of piperazine rings is 1. The Labute approximate surface area is 191 Å². The van der Waals surface area contributed by atoms with Crippen molar-refractivity contribution in [3.8, 4) is 0 Å². The molecule has 0 bridgehead atoms. The van der Waals surface area contributed by atoms with Gasteiger partial charge in [-0.15, -0.1) is 0 Å². The van der Waals surface area contributed by atoms with E-state index in [1.807, 2.05) is 42.3 Å². The van der Waals surface area contributed by atoms with Crippen LogP contribution in [0.25, 0.3) is 5.57 Å². The Hall–Kier alpha value is -1.64. The number of likely N-dealkylation sites (N-methyl/N-ethyl adjacent to an activating group) is 1. The molecular weight excluding hydrogens is 414 g/mol. The lowest BCUT2D eigenvalue weighted by atomic mass is 9.96. The van der Waals surface area contributed by atoms with Gasteiger partial charge in [0.2, 0.25) is 10.0 Å². The van der Waals surface area contributed by atoms with E-state index in [2.05, 4.69) is 4.90 Å². The Morgan fingerprint density at radius 2 is 1.87 bits per heavy atom. The summed E-state index contributed by atoms with van der Waals surface area (Å²) >= 11 is 1.51. The van der Waals surface area contributed by atoms with Crippen molar-refractivity contribution in [2.75, 3.05) is 53.7 Å². The second kappa shape index (κ2) is 8.85. The van der Waals surface area contributed by atoms with Gasteiger partial charge in [0.25, 0.3) is 0 Å². The maximum atomic E-state index is 13.0. The normalized spacial score (nSPS) is 22.5. The zero-order chi connectivity index (χ0) is 25.6. The number of nitrogens with zero attached hydrogens (tertiary/aromatic N) is 3. The fraction of sp³-hybridized carbons (Fsp3) is 0.391. The van der Waals surface area contributed by atoms with Crippen molar-refractivity contribution in [3.05, 3.63) is 59.7 Å². The number of sulfonamides is 1. The Morgan fingerprint density at radius 1 is 1.13 bits per heavy atom. The standard InChI is InChI=1S/C23H29N3O2S2/c1-24(2)30(27,28)18-10-11-23-21(17-18)19(20-7-4-5-9-22(20)29-23)8-6-12-26-15-13-25(3)14-16-26/h4-5,7-11,17H,6,12-16H2,1-3H3/b19-8-/i1D3,12D2. The van der Waals surface area contributed by atoms with Crippen LogP contribution in [0.5, 0.6) is 0 Å². The topological polar surface area (TPSA) is 43.9 Å². The van der Waals surface area contributed by atoms with Gasteiger partial charge in [0.1, 0.15) is 0 Å². The molecule has 30 heavy (non-hydrogen) atoms. The van der Waals surface area contributed by atoms with Gasteiger partial charge < -0.3 is 9.80 Å². The van der Waals surface area contributed by atoms with E-state index < -0.39 is 23.5 Å². The quantitative estimate of drug-likeness (QED) is 0.598. The Morgan fingerprint density at radius 3 is 2.63 bits per heavy atom. The average molecular weight is 449 g/mol. The molecule has 0 spiro atoms. The third kappa shape index (κ3) is 4.36. The van der Waals surface area contributed by atoms with E-state index in [9.17, 15) is 8.42 Å². The highest BCUT2D eigenvalue weighted by atomic mass is 32.2. The van der Waals surface area contributed by atoms with Crippen LogP contribution in [0.15, 0.2) is 63.2 Å². The average Bonchev–Trinajstić information content (AvgIpc) is 2.80. The summed E-state index contributed by atoms with van der Waals surface area (Å²) in [7, 11) is -1.17. The SMILES string of the molecule is [2H]C([2H])([2H])N(C)S(=O)(=O)c1ccc2c(c1)/C(=C\CC([2H])([2H])N1CCN(C)CC1)c1ccccc1S2. The Balaban J connectivity index is 1.75. The summed E-state index contributed by atoms with van der Waals surface area (Å²) in [5.74, 6) is 0. The van der Waals surface area contributed by atoms with Gasteiger partial charge in [-0.2, -0.15) is 0 Å². The van der Waals surface area contributed by atoms with E-state index in [0.29, 0.717) is 23.0 Å². The van der Waals surface area contributed by atoms with Crippen molar-refractivity contribution in [2.45, 2.75) is 21.1 Å². The Bertz CT molecular complexity index is 1240. The van der Waals surface area contributed by atoms with Gasteiger partial charge in [0, 0.05) is 63.3 Å². The first kappa shape index (κ1) is 16.1. The predicted molar refractivity (Wildman–Crippen MR) is 124 cm³/mol. The van der Waals surface area contributed by atoms with Gasteiger partial charge in [0.15, 0.2) is 0 Å². The van der Waals surface area contributed by atoms with Gasteiger partial charge in [-0.05, 0) is 54.4 Å². The lowest BCUT2D eigenvalue weighted by molar-refractivity contribution is 0.156. The molecule has 0 saturated carbocycles. The molecule has 160 valence electrons. The fourth-order valence-electron chi connectivity index (χ4n) is 3.63. The van der Waals surface area contributed by atoms with Crippen LogP contribution < -0.4 is 0 Å². The summed E-state index contributed by atoms with van der Waals surface area (Å²) in [6.07, 6.45) is 1.98. The fourth-order valence-corrected chi connectivity index (χ4v) is 5.54. The highest BCUT2D eigenvalue weighted by Gasteiger charge is 2.25. The second-order valence-electron chi connectivity index (χ2n) is 7.50. The predicted octanol–water partition coefficient (Wildman–Crippen LogP) is 3.47. The van der Waals surface area contributed by atoms with Crippen molar-refractivity contribution in [1.29, 1.82) is 0 Å². The van der Waals surface area contributed by atoms with Gasteiger partial charge >= 0.3 is 0 Å². The minimum atomic E-state index is -4.25. The molecule has 7 heteroatoms. The molecule has 5 nitrogen and oxygen atoms in total. The third-order valence-corrected chi connectivity index (χ3v) is 8.14. The molecular formula is C23H29N3O2S2. The molecule has 1 saturated heterocycles. The molecule has 2 aromatic carbocycles. The maximum Gasteiger partial charge on any atom is 0.242 e. The van der Waals surface area contributed by atoms with E-state index in [-0.39, 0.29) is 11.3 Å². The van der Waals surface area contributed by atoms with Crippen molar-refractivity contribution in [3.63, 3.8) is 0 Å². The van der Waals surface area contributed by atoms with Crippen LogP contribution in [0, 0.1) is 0 Å². The van der Waals surface area contributed by atoms with Crippen LogP contribution >= 0.6 is 11.8 Å². The van der Waals surface area contributed by atoms with E-state index in [1.165, 1.54) is 23.9 Å². The van der Waals surface area contributed by atoms with Gasteiger partial charge in [-0.1, -0.05) is 36.0 Å². The minimum absolute atomic E-state index is 0.108. The largest absolute Gasteiger partial charge is 0.304 e. The summed E-state index contributed by atoms with van der Waals surface area (Å²) < 4.78 is 66.5. The number of benzene rings is 2. The molecule has 2 aliphatic heterocycles. The smallest absolute Gasteiger partial charge is 0.242 e. The molecule has 2 heterocycles. The van der Waals surface area contributed by atoms with Crippen LogP contribution in [0.4, 0.5) is 0 Å². The number of rotatable bonds is 5. The molecule has 0 aromatic heterocycles. The summed E-state index contributed by atoms with van der Waals surface area (Å²) in [5, 5.41) is 0. The molecule has 0 atom stereocenters. The minimum Gasteiger partial charge on any atom is -0.304 e. The molecule has 4 rings (SSSR count). The molecule has 0 N–H and O–H groups in total. The zero-order valence-corrected chi connectivity index (χ0v) is 18.8. The van der Waals surface area contributed by atoms with Crippen molar-refractivity contribution in [1.82, 2.24) is 14.1 Å². The first-order chi connectivity index (χ1) is 16.3. The molecule has 0 amide bonds. The summed E-state index contributed by atoms with van der Waals surface area (Å²) in [4.78, 5) is 5.75. The monoisotopic (exact) mass is 448 g/mol. The lowest BCUT2D eigenvalue weighted by Crippen LogP contribution is -2.44. The van der Waals surface area contributed by atoms with E-state index in [0.717, 1.165) is 41.1 Å². The van der Waals surface area contributed by atoms with Gasteiger partial charge in [0.05, 0.1) is 4.90 Å². The van der Waals surface area contributed by atoms with E-state index >= 15 is 0 Å². The third-order valence-electron chi connectivity index (χ3n) is 5.42. The van der Waals surface area contributed by atoms with Crippen molar-refractivity contribution in [2.24, 2.45) is 0 Å². The van der Waals surface area contributed by atoms with Gasteiger partial charge in [-0.3, -0.25) is 0 Å². The summed E-state index contributed by atoms with van der Waals surface area (Å²) in [5.41, 5.74) is 2.31. The van der Waals surface area contributed by atoms with Crippen LogP contribution in [-0.4, -0.2) is 76.3 Å². The highest BCUT2D eigenvalue weighted by molar-refractivity contribution is 7.99. The highest BCUT2D eigenvalue weighted by Crippen LogP contribution is 2.46. The molecule has 0 aliphatic carbocycles. The van der Waals surface area contributed by atoms with Crippen LogP contribution in [0.2, 0.25) is 0 Å². The Kier molecular flexibility index (Phi) is 4.73. The van der Waals surface area contributed by atoms with Crippen molar-refractivity contribution >= 4 is 27.4 Å².